The Labute approximate surface area is 116 Å². The van der Waals surface area contributed by atoms with Crippen molar-refractivity contribution < 1.29 is 4.74 Å². The lowest BCUT2D eigenvalue weighted by atomic mass is 10.3. The Kier molecular flexibility index (Phi) is 3.57. The van der Waals surface area contributed by atoms with Gasteiger partial charge in [0.1, 0.15) is 17.2 Å². The second-order valence-corrected chi connectivity index (χ2v) is 4.70. The van der Waals surface area contributed by atoms with Crippen molar-refractivity contribution in [3.05, 3.63) is 12.0 Å². The number of ether oxygens (including phenoxy) is 1. The van der Waals surface area contributed by atoms with Crippen LogP contribution in [0.1, 0.15) is 5.82 Å². The lowest BCUT2D eigenvalue weighted by Gasteiger charge is -2.26. The van der Waals surface area contributed by atoms with Crippen LogP contribution in [0.15, 0.2) is 6.20 Å². The summed E-state index contributed by atoms with van der Waals surface area (Å²) < 4.78 is 5.32. The molecule has 0 amide bonds. The molecule has 8 heteroatoms. The molecule has 2 aromatic heterocycles. The normalized spacial score (nSPS) is 16.6. The maximum absolute atomic E-state index is 5.89. The first kappa shape index (κ1) is 12.9. The Hall–Kier alpha value is -2.06. The van der Waals surface area contributed by atoms with Crippen LogP contribution in [0.4, 0.5) is 11.6 Å². The molecule has 0 aliphatic carbocycles. The zero-order valence-electron chi connectivity index (χ0n) is 11.1. The summed E-state index contributed by atoms with van der Waals surface area (Å²) in [6.45, 7) is 4.32. The van der Waals surface area contributed by atoms with Crippen molar-refractivity contribution in [2.24, 2.45) is 0 Å². The topological polar surface area (TPSA) is 116 Å². The highest BCUT2D eigenvalue weighted by molar-refractivity contribution is 5.81. The summed E-state index contributed by atoms with van der Waals surface area (Å²) in [7, 11) is 0. The molecule has 3 heterocycles. The number of rotatable bonds is 3. The molecule has 1 aliphatic heterocycles. The van der Waals surface area contributed by atoms with Crippen LogP contribution in [-0.4, -0.2) is 57.7 Å². The van der Waals surface area contributed by atoms with Gasteiger partial charge in [0.2, 0.25) is 0 Å². The summed E-state index contributed by atoms with van der Waals surface area (Å²) in [6, 6.07) is 0. The van der Waals surface area contributed by atoms with E-state index in [0.29, 0.717) is 28.6 Å². The molecule has 20 heavy (non-hydrogen) atoms. The van der Waals surface area contributed by atoms with Gasteiger partial charge in [-0.1, -0.05) is 0 Å². The van der Waals surface area contributed by atoms with Gasteiger partial charge < -0.3 is 16.2 Å². The number of nitrogens with zero attached hydrogens (tertiary/aromatic N) is 5. The van der Waals surface area contributed by atoms with Gasteiger partial charge in [-0.3, -0.25) is 4.90 Å². The fourth-order valence-electron chi connectivity index (χ4n) is 2.19. The molecule has 0 atom stereocenters. The van der Waals surface area contributed by atoms with E-state index >= 15 is 0 Å². The molecule has 0 spiro atoms. The smallest absolute Gasteiger partial charge is 0.185 e. The molecule has 1 saturated heterocycles. The second-order valence-electron chi connectivity index (χ2n) is 4.70. The van der Waals surface area contributed by atoms with Crippen LogP contribution in [0.5, 0.6) is 0 Å². The SMILES string of the molecule is Nc1cnc2c(N)nc(CCN3CCOCC3)nc2n1. The third-order valence-electron chi connectivity index (χ3n) is 3.26. The van der Waals surface area contributed by atoms with Crippen molar-refractivity contribution in [2.45, 2.75) is 6.42 Å². The van der Waals surface area contributed by atoms with Crippen LogP contribution in [-0.2, 0) is 11.2 Å². The number of nitrogen functional groups attached to an aromatic ring is 2. The van der Waals surface area contributed by atoms with Gasteiger partial charge in [-0.2, -0.15) is 0 Å². The molecular formula is C12H17N7O. The van der Waals surface area contributed by atoms with Crippen LogP contribution in [0.3, 0.4) is 0 Å². The molecule has 0 radical (unpaired) electrons. The Balaban J connectivity index is 1.77. The molecule has 4 N–H and O–H groups in total. The molecule has 0 bridgehead atoms. The minimum atomic E-state index is 0.328. The summed E-state index contributed by atoms with van der Waals surface area (Å²) in [5.41, 5.74) is 12.5. The van der Waals surface area contributed by atoms with Crippen molar-refractivity contribution >= 4 is 22.8 Å². The van der Waals surface area contributed by atoms with Crippen LogP contribution in [0, 0.1) is 0 Å². The summed E-state index contributed by atoms with van der Waals surface area (Å²) in [5, 5.41) is 0. The average Bonchev–Trinajstić information content (AvgIpc) is 2.46. The van der Waals surface area contributed by atoms with E-state index < -0.39 is 0 Å². The van der Waals surface area contributed by atoms with E-state index in [2.05, 4.69) is 24.8 Å². The molecule has 106 valence electrons. The van der Waals surface area contributed by atoms with E-state index in [1.807, 2.05) is 0 Å². The van der Waals surface area contributed by atoms with Crippen molar-refractivity contribution in [3.63, 3.8) is 0 Å². The Bertz CT molecular complexity index is 612. The first-order valence-corrected chi connectivity index (χ1v) is 6.57. The minimum Gasteiger partial charge on any atom is -0.382 e. The van der Waals surface area contributed by atoms with Crippen LogP contribution < -0.4 is 11.5 Å². The summed E-state index contributed by atoms with van der Waals surface area (Å²) in [6.07, 6.45) is 2.17. The average molecular weight is 275 g/mol. The number of aromatic nitrogens is 4. The Morgan fingerprint density at radius 1 is 1.15 bits per heavy atom. The van der Waals surface area contributed by atoms with Gasteiger partial charge >= 0.3 is 0 Å². The first-order chi connectivity index (χ1) is 9.72. The summed E-state index contributed by atoms with van der Waals surface area (Å²) in [5.74, 6) is 1.34. The van der Waals surface area contributed by atoms with Gasteiger partial charge in [-0.15, -0.1) is 0 Å². The van der Waals surface area contributed by atoms with E-state index in [1.54, 1.807) is 0 Å². The second kappa shape index (κ2) is 5.51. The fourth-order valence-corrected chi connectivity index (χ4v) is 2.19. The van der Waals surface area contributed by atoms with Crippen LogP contribution in [0.2, 0.25) is 0 Å². The maximum atomic E-state index is 5.89. The van der Waals surface area contributed by atoms with E-state index in [9.17, 15) is 0 Å². The number of fused-ring (bicyclic) bond motifs is 1. The Morgan fingerprint density at radius 3 is 2.75 bits per heavy atom. The molecule has 0 aromatic carbocycles. The third-order valence-corrected chi connectivity index (χ3v) is 3.26. The zero-order valence-corrected chi connectivity index (χ0v) is 11.1. The predicted molar refractivity (Wildman–Crippen MR) is 74.9 cm³/mol. The van der Waals surface area contributed by atoms with E-state index in [0.717, 1.165) is 39.3 Å². The molecular weight excluding hydrogens is 258 g/mol. The largest absolute Gasteiger partial charge is 0.382 e. The van der Waals surface area contributed by atoms with Gasteiger partial charge in [-0.05, 0) is 0 Å². The van der Waals surface area contributed by atoms with Gasteiger partial charge in [0.15, 0.2) is 11.5 Å². The predicted octanol–water partition coefficient (Wildman–Crippen LogP) is -0.541. The monoisotopic (exact) mass is 275 g/mol. The van der Waals surface area contributed by atoms with E-state index in [-0.39, 0.29) is 0 Å². The summed E-state index contributed by atoms with van der Waals surface area (Å²) >= 11 is 0. The Morgan fingerprint density at radius 2 is 1.95 bits per heavy atom. The van der Waals surface area contributed by atoms with E-state index in [1.165, 1.54) is 6.20 Å². The van der Waals surface area contributed by atoms with Gasteiger partial charge in [-0.25, -0.2) is 19.9 Å². The van der Waals surface area contributed by atoms with E-state index in [4.69, 9.17) is 16.2 Å². The molecule has 0 saturated carbocycles. The lowest BCUT2D eigenvalue weighted by molar-refractivity contribution is 0.0382. The van der Waals surface area contributed by atoms with Crippen LogP contribution in [0.25, 0.3) is 11.2 Å². The number of morpholine rings is 1. The van der Waals surface area contributed by atoms with Crippen molar-refractivity contribution in [1.29, 1.82) is 0 Å². The number of anilines is 2. The molecule has 3 rings (SSSR count). The van der Waals surface area contributed by atoms with Crippen molar-refractivity contribution in [1.82, 2.24) is 24.8 Å². The minimum absolute atomic E-state index is 0.328. The number of hydrogen-bond acceptors (Lipinski definition) is 8. The lowest BCUT2D eigenvalue weighted by Crippen LogP contribution is -2.37. The molecule has 2 aromatic rings. The highest BCUT2D eigenvalue weighted by atomic mass is 16.5. The maximum Gasteiger partial charge on any atom is 0.185 e. The van der Waals surface area contributed by atoms with Crippen LogP contribution >= 0.6 is 0 Å². The molecule has 1 aliphatic rings. The highest BCUT2D eigenvalue weighted by Crippen LogP contribution is 2.14. The van der Waals surface area contributed by atoms with Crippen molar-refractivity contribution in [2.75, 3.05) is 44.3 Å². The van der Waals surface area contributed by atoms with Gasteiger partial charge in [0.25, 0.3) is 0 Å². The molecule has 1 fully saturated rings. The first-order valence-electron chi connectivity index (χ1n) is 6.57. The zero-order chi connectivity index (χ0) is 13.9. The number of nitrogens with two attached hydrogens (primary N) is 2. The molecule has 8 nitrogen and oxygen atoms in total. The number of hydrogen-bond donors (Lipinski definition) is 2. The fraction of sp³-hybridized carbons (Fsp3) is 0.500. The quantitative estimate of drug-likeness (QED) is 0.767. The third kappa shape index (κ3) is 2.75. The summed E-state index contributed by atoms with van der Waals surface area (Å²) in [4.78, 5) is 19.2. The van der Waals surface area contributed by atoms with Gasteiger partial charge in [0.05, 0.1) is 19.4 Å². The van der Waals surface area contributed by atoms with Gasteiger partial charge in [0, 0.05) is 26.1 Å². The highest BCUT2D eigenvalue weighted by Gasteiger charge is 2.12. The molecule has 0 unspecified atom stereocenters. The standard InChI is InChI=1S/C12H17N7O/c13-8-7-15-10-11(14)17-9(18-12(10)16-8)1-2-19-3-5-20-6-4-19/h7H,1-6H2,(H4,13,14,16,17,18). The van der Waals surface area contributed by atoms with Crippen molar-refractivity contribution in [3.8, 4) is 0 Å².